The fourth-order valence-electron chi connectivity index (χ4n) is 2.20. The van der Waals surface area contributed by atoms with E-state index in [1.807, 2.05) is 24.3 Å². The largest absolute Gasteiger partial charge is 0.497 e. The molecule has 0 bridgehead atoms. The third kappa shape index (κ3) is 6.24. The lowest BCUT2D eigenvalue weighted by molar-refractivity contribution is -0.115. The molecule has 0 atom stereocenters. The topological polar surface area (TPSA) is 89.0 Å². The third-order valence-electron chi connectivity index (χ3n) is 3.55. The van der Waals surface area contributed by atoms with Gasteiger partial charge in [-0.2, -0.15) is 5.10 Å². The fourth-order valence-corrected chi connectivity index (χ4v) is 2.56. The second-order valence-corrected chi connectivity index (χ2v) is 6.83. The smallest absolute Gasteiger partial charge is 0.275 e. The average molecular weight is 481 g/mol. The minimum absolute atomic E-state index is 0.0615. The number of halogens is 1. The molecule has 0 aliphatic heterocycles. The number of benzene rings is 2. The summed E-state index contributed by atoms with van der Waals surface area (Å²) >= 11 is 2.19. The van der Waals surface area contributed by atoms with E-state index < -0.39 is 5.91 Å². The second-order valence-electron chi connectivity index (χ2n) is 5.59. The summed E-state index contributed by atoms with van der Waals surface area (Å²) < 4.78 is 11.4. The molecule has 142 valence electrons. The molecule has 0 heterocycles. The van der Waals surface area contributed by atoms with Crippen LogP contribution in [0.15, 0.2) is 47.6 Å². The third-order valence-corrected chi connectivity index (χ3v) is 4.27. The zero-order chi connectivity index (χ0) is 19.8. The zero-order valence-corrected chi connectivity index (χ0v) is 17.4. The summed E-state index contributed by atoms with van der Waals surface area (Å²) in [7, 11) is 3.00. The van der Waals surface area contributed by atoms with Crippen LogP contribution in [0.25, 0.3) is 0 Å². The van der Waals surface area contributed by atoms with E-state index in [1.165, 1.54) is 14.2 Å². The van der Waals surface area contributed by atoms with Gasteiger partial charge in [-0.1, -0.05) is 0 Å². The number of carbonyl (C=O) groups is 2. The van der Waals surface area contributed by atoms with Crippen molar-refractivity contribution < 1.29 is 19.1 Å². The molecule has 0 aromatic heterocycles. The van der Waals surface area contributed by atoms with Gasteiger partial charge < -0.3 is 14.8 Å². The van der Waals surface area contributed by atoms with Crippen molar-refractivity contribution in [3.63, 3.8) is 0 Å². The molecule has 0 fully saturated rings. The maximum Gasteiger partial charge on any atom is 0.275 e. The van der Waals surface area contributed by atoms with Crippen LogP contribution in [0, 0.1) is 3.57 Å². The lowest BCUT2D eigenvalue weighted by Crippen LogP contribution is -2.22. The second kappa shape index (κ2) is 9.91. The fraction of sp³-hybridized carbons (Fsp3) is 0.211. The highest BCUT2D eigenvalue weighted by molar-refractivity contribution is 14.1. The first-order valence-corrected chi connectivity index (χ1v) is 9.11. The molecule has 0 aliphatic carbocycles. The van der Waals surface area contributed by atoms with Crippen LogP contribution in [0.2, 0.25) is 0 Å². The van der Waals surface area contributed by atoms with Gasteiger partial charge in [0.2, 0.25) is 5.91 Å². The molecule has 27 heavy (non-hydrogen) atoms. The van der Waals surface area contributed by atoms with Gasteiger partial charge in [0.1, 0.15) is 11.5 Å². The van der Waals surface area contributed by atoms with Crippen LogP contribution in [0.1, 0.15) is 23.7 Å². The van der Waals surface area contributed by atoms with Gasteiger partial charge in [-0.15, -0.1) is 0 Å². The van der Waals surface area contributed by atoms with Crippen LogP contribution < -0.4 is 20.2 Å². The molecule has 7 nitrogen and oxygen atoms in total. The molecule has 8 heteroatoms. The summed E-state index contributed by atoms with van der Waals surface area (Å²) in [6.07, 6.45) is 0.0615. The molecular formula is C19H20IN3O4. The summed E-state index contributed by atoms with van der Waals surface area (Å²) in [5.41, 5.74) is 3.93. The Morgan fingerprint density at radius 2 is 1.78 bits per heavy atom. The van der Waals surface area contributed by atoms with Crippen molar-refractivity contribution in [1.29, 1.82) is 0 Å². The van der Waals surface area contributed by atoms with Crippen LogP contribution in [0.5, 0.6) is 11.5 Å². The van der Waals surface area contributed by atoms with Gasteiger partial charge >= 0.3 is 0 Å². The summed E-state index contributed by atoms with van der Waals surface area (Å²) in [6.45, 7) is 1.67. The van der Waals surface area contributed by atoms with E-state index in [0.717, 1.165) is 3.57 Å². The molecule has 0 aliphatic rings. The van der Waals surface area contributed by atoms with E-state index in [4.69, 9.17) is 9.47 Å². The number of hydrogen-bond donors (Lipinski definition) is 2. The van der Waals surface area contributed by atoms with Crippen LogP contribution in [-0.4, -0.2) is 31.7 Å². The van der Waals surface area contributed by atoms with Gasteiger partial charge in [0.15, 0.2) is 0 Å². The Balaban J connectivity index is 1.95. The molecular weight excluding hydrogens is 461 g/mol. The molecule has 2 aromatic rings. The van der Waals surface area contributed by atoms with Crippen molar-refractivity contribution in [2.75, 3.05) is 19.5 Å². The molecule has 2 N–H and O–H groups in total. The van der Waals surface area contributed by atoms with Crippen LogP contribution >= 0.6 is 22.6 Å². The van der Waals surface area contributed by atoms with Crippen LogP contribution in [0.3, 0.4) is 0 Å². The number of methoxy groups -OCH3 is 2. The standard InChI is InChI=1S/C19H20IN3O4/c1-12(10-18(24)21-14-6-4-13(20)5-7-14)22-23-19(25)16-9-8-15(26-2)11-17(16)27-3/h4-9,11H,10H2,1-3H3,(H,21,24)(H,23,25)/b22-12+. The SMILES string of the molecule is COc1ccc(C(=O)N/N=C(\C)CC(=O)Nc2ccc(I)cc2)c(OC)c1. The Morgan fingerprint density at radius 1 is 1.07 bits per heavy atom. The molecule has 2 amide bonds. The summed E-state index contributed by atoms with van der Waals surface area (Å²) in [5, 5.41) is 6.76. The van der Waals surface area contributed by atoms with Gasteiger partial charge in [-0.3, -0.25) is 9.59 Å². The Morgan fingerprint density at radius 3 is 2.41 bits per heavy atom. The number of amides is 2. The number of nitrogens with one attached hydrogen (secondary N) is 2. The average Bonchev–Trinajstić information content (AvgIpc) is 2.67. The van der Waals surface area contributed by atoms with E-state index in [-0.39, 0.29) is 12.3 Å². The van der Waals surface area contributed by atoms with Crippen molar-refractivity contribution in [2.24, 2.45) is 5.10 Å². The first-order valence-electron chi connectivity index (χ1n) is 8.04. The Kier molecular flexibility index (Phi) is 7.59. The summed E-state index contributed by atoms with van der Waals surface area (Å²) in [5.74, 6) is 0.298. The van der Waals surface area contributed by atoms with Crippen molar-refractivity contribution in [3.05, 3.63) is 51.6 Å². The molecule has 2 rings (SSSR count). The first-order chi connectivity index (χ1) is 12.9. The van der Waals surface area contributed by atoms with E-state index >= 15 is 0 Å². The van der Waals surface area contributed by atoms with Crippen LogP contribution in [-0.2, 0) is 4.79 Å². The Bertz CT molecular complexity index is 851. The molecule has 2 aromatic carbocycles. The van der Waals surface area contributed by atoms with Crippen LogP contribution in [0.4, 0.5) is 5.69 Å². The number of hydrazone groups is 1. The van der Waals surface area contributed by atoms with Gasteiger partial charge in [0.25, 0.3) is 5.91 Å². The van der Waals surface area contributed by atoms with E-state index in [2.05, 4.69) is 38.4 Å². The predicted molar refractivity (Wildman–Crippen MR) is 113 cm³/mol. The molecule has 0 saturated carbocycles. The monoisotopic (exact) mass is 481 g/mol. The minimum Gasteiger partial charge on any atom is -0.497 e. The number of ether oxygens (including phenoxy) is 2. The molecule has 0 saturated heterocycles. The highest BCUT2D eigenvalue weighted by atomic mass is 127. The highest BCUT2D eigenvalue weighted by Gasteiger charge is 2.13. The summed E-state index contributed by atoms with van der Waals surface area (Å²) in [4.78, 5) is 24.3. The number of anilines is 1. The normalized spacial score (nSPS) is 10.9. The van der Waals surface area contributed by atoms with Crippen molar-refractivity contribution in [2.45, 2.75) is 13.3 Å². The predicted octanol–water partition coefficient (Wildman–Crippen LogP) is 3.44. The molecule has 0 unspecified atom stereocenters. The molecule has 0 radical (unpaired) electrons. The number of hydrogen-bond acceptors (Lipinski definition) is 5. The summed E-state index contributed by atoms with van der Waals surface area (Å²) in [6, 6.07) is 12.3. The minimum atomic E-state index is -0.438. The Labute approximate surface area is 171 Å². The quantitative estimate of drug-likeness (QED) is 0.360. The van der Waals surface area contributed by atoms with Crippen molar-refractivity contribution in [3.8, 4) is 11.5 Å². The van der Waals surface area contributed by atoms with Gasteiger partial charge in [0.05, 0.1) is 26.2 Å². The zero-order valence-electron chi connectivity index (χ0n) is 15.2. The lowest BCUT2D eigenvalue weighted by Gasteiger charge is -2.09. The van der Waals surface area contributed by atoms with Gasteiger partial charge in [0, 0.05) is 21.0 Å². The Hall–Kier alpha value is -2.62. The van der Waals surface area contributed by atoms with E-state index in [9.17, 15) is 9.59 Å². The molecule has 0 spiro atoms. The van der Waals surface area contributed by atoms with Gasteiger partial charge in [-0.25, -0.2) is 5.43 Å². The number of nitrogens with zero attached hydrogens (tertiary/aromatic N) is 1. The van der Waals surface area contributed by atoms with Gasteiger partial charge in [-0.05, 0) is 65.9 Å². The lowest BCUT2D eigenvalue weighted by atomic mass is 10.2. The first kappa shape index (κ1) is 20.7. The van der Waals surface area contributed by atoms with Crippen molar-refractivity contribution in [1.82, 2.24) is 5.43 Å². The van der Waals surface area contributed by atoms with E-state index in [0.29, 0.717) is 28.5 Å². The number of carbonyl (C=O) groups excluding carboxylic acids is 2. The number of rotatable bonds is 7. The highest BCUT2D eigenvalue weighted by Crippen LogP contribution is 2.24. The maximum atomic E-state index is 12.3. The van der Waals surface area contributed by atoms with E-state index in [1.54, 1.807) is 25.1 Å². The van der Waals surface area contributed by atoms with Crippen molar-refractivity contribution >= 4 is 45.8 Å². The maximum absolute atomic E-state index is 12.3.